The third-order valence-corrected chi connectivity index (χ3v) is 5.52. The Morgan fingerprint density at radius 3 is 2.65 bits per heavy atom. The van der Waals surface area contributed by atoms with Crippen LogP contribution in [0.3, 0.4) is 0 Å². The third kappa shape index (κ3) is 3.33. The van der Waals surface area contributed by atoms with Gasteiger partial charge in [-0.15, -0.1) is 0 Å². The Bertz CT molecular complexity index is 740. The summed E-state index contributed by atoms with van der Waals surface area (Å²) in [6.07, 6.45) is 2.81. The summed E-state index contributed by atoms with van der Waals surface area (Å²) in [7, 11) is 0. The number of piperidine rings is 1. The molecular weight excluding hydrogens is 336 g/mol. The van der Waals surface area contributed by atoms with Crippen molar-refractivity contribution in [2.24, 2.45) is 0 Å². The molecule has 0 aliphatic carbocycles. The minimum absolute atomic E-state index is 0.0519. The van der Waals surface area contributed by atoms with Gasteiger partial charge in [-0.25, -0.2) is 0 Å². The fraction of sp³-hybridized carbons (Fsp3) is 0.429. The number of halogens is 2. The topological polar surface area (TPSA) is 30.5 Å². The molecule has 0 radical (unpaired) electrons. The van der Waals surface area contributed by atoms with Gasteiger partial charge in [0.1, 0.15) is 5.75 Å². The van der Waals surface area contributed by atoms with E-state index in [-0.39, 0.29) is 23.3 Å². The van der Waals surface area contributed by atoms with E-state index in [0.29, 0.717) is 6.61 Å². The maximum Gasteiger partial charge on any atom is 0.387 e. The van der Waals surface area contributed by atoms with Gasteiger partial charge < -0.3 is 14.8 Å². The van der Waals surface area contributed by atoms with Gasteiger partial charge in [0.25, 0.3) is 0 Å². The van der Waals surface area contributed by atoms with E-state index in [4.69, 9.17) is 9.47 Å². The minimum Gasteiger partial charge on any atom is -0.435 e. The lowest BCUT2D eigenvalue weighted by atomic mass is 9.77. The van der Waals surface area contributed by atoms with Gasteiger partial charge in [0.05, 0.1) is 18.2 Å². The Morgan fingerprint density at radius 1 is 1.08 bits per heavy atom. The highest BCUT2D eigenvalue weighted by Crippen LogP contribution is 2.49. The summed E-state index contributed by atoms with van der Waals surface area (Å²) >= 11 is 0. The number of rotatable bonds is 4. The number of para-hydroxylation sites is 1. The van der Waals surface area contributed by atoms with Crippen LogP contribution < -0.4 is 10.1 Å². The first-order valence-electron chi connectivity index (χ1n) is 9.14. The minimum atomic E-state index is -2.82. The van der Waals surface area contributed by atoms with Crippen molar-refractivity contribution >= 4 is 0 Å². The molecule has 0 saturated carbocycles. The van der Waals surface area contributed by atoms with Gasteiger partial charge in [0.15, 0.2) is 0 Å². The first kappa shape index (κ1) is 17.4. The van der Waals surface area contributed by atoms with Crippen LogP contribution in [0.2, 0.25) is 0 Å². The molecule has 1 N–H and O–H groups in total. The highest BCUT2D eigenvalue weighted by molar-refractivity contribution is 5.38. The Balaban J connectivity index is 1.61. The van der Waals surface area contributed by atoms with E-state index in [1.54, 1.807) is 12.1 Å². The van der Waals surface area contributed by atoms with Crippen LogP contribution >= 0.6 is 0 Å². The maximum absolute atomic E-state index is 12.8. The van der Waals surface area contributed by atoms with Gasteiger partial charge in [0.2, 0.25) is 0 Å². The maximum atomic E-state index is 12.8. The van der Waals surface area contributed by atoms with Gasteiger partial charge in [-0.05, 0) is 43.0 Å². The molecule has 0 bridgehead atoms. The Labute approximate surface area is 152 Å². The van der Waals surface area contributed by atoms with Crippen molar-refractivity contribution in [1.29, 1.82) is 0 Å². The number of nitrogens with one attached hydrogen (secondary N) is 1. The van der Waals surface area contributed by atoms with Gasteiger partial charge in [-0.1, -0.05) is 48.5 Å². The Morgan fingerprint density at radius 2 is 1.85 bits per heavy atom. The van der Waals surface area contributed by atoms with Crippen LogP contribution in [0.5, 0.6) is 5.75 Å². The first-order chi connectivity index (χ1) is 12.7. The molecule has 0 unspecified atom stereocenters. The van der Waals surface area contributed by atoms with Crippen LogP contribution in [0, 0.1) is 0 Å². The van der Waals surface area contributed by atoms with Crippen LogP contribution in [-0.2, 0) is 4.74 Å². The first-order valence-corrected chi connectivity index (χ1v) is 9.14. The average Bonchev–Trinajstić information content (AvgIpc) is 3.07. The molecule has 2 heterocycles. The molecule has 5 heteroatoms. The van der Waals surface area contributed by atoms with Crippen molar-refractivity contribution in [3.8, 4) is 5.75 Å². The van der Waals surface area contributed by atoms with Crippen molar-refractivity contribution < 1.29 is 18.3 Å². The Kier molecular flexibility index (Phi) is 4.92. The third-order valence-electron chi connectivity index (χ3n) is 5.52. The molecule has 26 heavy (non-hydrogen) atoms. The molecule has 2 aliphatic rings. The molecule has 3 atom stereocenters. The van der Waals surface area contributed by atoms with Gasteiger partial charge >= 0.3 is 6.61 Å². The lowest BCUT2D eigenvalue weighted by molar-refractivity contribution is -0.0511. The highest BCUT2D eigenvalue weighted by atomic mass is 19.3. The summed E-state index contributed by atoms with van der Waals surface area (Å²) in [4.78, 5) is 0. The predicted octanol–water partition coefficient (Wildman–Crippen LogP) is 4.66. The molecule has 3 nitrogen and oxygen atoms in total. The molecule has 0 aromatic heterocycles. The monoisotopic (exact) mass is 359 g/mol. The normalized spacial score (nSPS) is 28.6. The van der Waals surface area contributed by atoms with Crippen molar-refractivity contribution in [2.75, 3.05) is 13.2 Å². The van der Waals surface area contributed by atoms with Crippen molar-refractivity contribution in [1.82, 2.24) is 5.32 Å². The zero-order chi connectivity index (χ0) is 18.0. The summed E-state index contributed by atoms with van der Waals surface area (Å²) < 4.78 is 36.6. The average molecular weight is 359 g/mol. The van der Waals surface area contributed by atoms with E-state index in [1.165, 1.54) is 5.56 Å². The summed E-state index contributed by atoms with van der Waals surface area (Å²) in [5.74, 6) is 0.309. The summed E-state index contributed by atoms with van der Waals surface area (Å²) in [6, 6.07) is 17.5. The summed E-state index contributed by atoms with van der Waals surface area (Å²) in [5, 5.41) is 3.61. The van der Waals surface area contributed by atoms with E-state index < -0.39 is 6.61 Å². The highest BCUT2D eigenvalue weighted by Gasteiger charge is 2.49. The summed E-state index contributed by atoms with van der Waals surface area (Å²) in [5.41, 5.74) is 1.72. The van der Waals surface area contributed by atoms with Crippen molar-refractivity contribution in [2.45, 2.75) is 43.4 Å². The molecule has 2 saturated heterocycles. The van der Waals surface area contributed by atoms with Crippen LogP contribution in [-0.4, -0.2) is 25.4 Å². The van der Waals surface area contributed by atoms with Crippen LogP contribution in [0.4, 0.5) is 8.78 Å². The lowest BCUT2D eigenvalue weighted by Gasteiger charge is -2.41. The molecule has 2 aliphatic heterocycles. The van der Waals surface area contributed by atoms with Crippen LogP contribution in [0.15, 0.2) is 54.6 Å². The van der Waals surface area contributed by atoms with E-state index in [2.05, 4.69) is 17.4 Å². The Hall–Kier alpha value is -1.98. The quantitative estimate of drug-likeness (QED) is 0.862. The van der Waals surface area contributed by atoms with E-state index in [1.807, 2.05) is 30.3 Å². The second-order valence-electron chi connectivity index (χ2n) is 7.09. The zero-order valence-electron chi connectivity index (χ0n) is 14.5. The van der Waals surface area contributed by atoms with Gasteiger partial charge in [-0.3, -0.25) is 0 Å². The van der Waals surface area contributed by atoms with E-state index >= 15 is 0 Å². The van der Waals surface area contributed by atoms with Gasteiger partial charge in [-0.2, -0.15) is 8.78 Å². The fourth-order valence-corrected chi connectivity index (χ4v) is 4.43. The molecule has 4 rings (SSSR count). The number of hydrogen-bond donors (Lipinski definition) is 1. The lowest BCUT2D eigenvalue weighted by Crippen LogP contribution is -2.48. The fourth-order valence-electron chi connectivity index (χ4n) is 4.43. The van der Waals surface area contributed by atoms with Crippen LogP contribution in [0.25, 0.3) is 0 Å². The number of alkyl halides is 2. The number of ether oxygens (including phenoxy) is 2. The van der Waals surface area contributed by atoms with Gasteiger partial charge in [0, 0.05) is 5.92 Å². The zero-order valence-corrected chi connectivity index (χ0v) is 14.5. The summed E-state index contributed by atoms with van der Waals surface area (Å²) in [6.45, 7) is -1.34. The second kappa shape index (κ2) is 7.33. The van der Waals surface area contributed by atoms with Crippen LogP contribution in [0.1, 0.15) is 42.3 Å². The standard InChI is InChI=1S/C21H23F2NO2/c22-20(23)26-18-10-5-4-9-17(18)16-13-21(25-14-16)11-6-12-24-19(21)15-7-2-1-3-8-15/h1-5,7-10,16,19-20,24H,6,11-14H2/t16-,19-,21+/m0/s1. The molecule has 2 aromatic rings. The molecule has 138 valence electrons. The number of hydrogen-bond acceptors (Lipinski definition) is 3. The van der Waals surface area contributed by atoms with Crippen molar-refractivity contribution in [3.63, 3.8) is 0 Å². The SMILES string of the molecule is FC(F)Oc1ccccc1[C@@H]1CO[C@]2(CCCN[C@H]2c2ccccc2)C1. The molecule has 0 amide bonds. The molecule has 2 fully saturated rings. The van der Waals surface area contributed by atoms with E-state index in [0.717, 1.165) is 31.4 Å². The molecule has 1 spiro atoms. The molecular formula is C21H23F2NO2. The number of benzene rings is 2. The smallest absolute Gasteiger partial charge is 0.387 e. The van der Waals surface area contributed by atoms with Crippen molar-refractivity contribution in [3.05, 3.63) is 65.7 Å². The predicted molar refractivity (Wildman–Crippen MR) is 95.5 cm³/mol. The largest absolute Gasteiger partial charge is 0.435 e. The second-order valence-corrected chi connectivity index (χ2v) is 7.09. The van der Waals surface area contributed by atoms with E-state index in [9.17, 15) is 8.78 Å². The molecule has 2 aromatic carbocycles.